The highest BCUT2D eigenvalue weighted by atomic mass is 35.5. The number of nitrogens with zero attached hydrogens (tertiary/aromatic N) is 1. The molecule has 0 unspecified atom stereocenters. The summed E-state index contributed by atoms with van der Waals surface area (Å²) in [5.74, 6) is 0. The van der Waals surface area contributed by atoms with Crippen LogP contribution in [0.1, 0.15) is 13.8 Å². The van der Waals surface area contributed by atoms with Crippen LogP contribution in [0.3, 0.4) is 0 Å². The number of sulfonamides is 1. The van der Waals surface area contributed by atoms with Crippen molar-refractivity contribution in [2.75, 3.05) is 19.6 Å². The molecule has 1 heterocycles. The maximum Gasteiger partial charge on any atom is 0.243 e. The summed E-state index contributed by atoms with van der Waals surface area (Å²) in [7, 11) is -3.45. The van der Waals surface area contributed by atoms with Crippen LogP contribution in [0.15, 0.2) is 29.2 Å². The molecule has 1 aliphatic rings. The molecule has 2 rings (SSSR count). The van der Waals surface area contributed by atoms with Crippen molar-refractivity contribution in [1.82, 2.24) is 9.62 Å². The molecular weight excluding hydrogens is 272 g/mol. The molecule has 1 aliphatic heterocycles. The second-order valence-corrected chi connectivity index (χ2v) is 7.32. The standard InChI is InChI=1S/C12H17ClN2O2S/c1-12(2)9-14-7-8-15(12)18(16,17)11-5-3-10(13)4-6-11/h3-6,14H,7-9H2,1-2H3. The Morgan fingerprint density at radius 2 is 1.89 bits per heavy atom. The third kappa shape index (κ3) is 2.54. The van der Waals surface area contributed by atoms with Crippen molar-refractivity contribution in [3.05, 3.63) is 29.3 Å². The largest absolute Gasteiger partial charge is 0.314 e. The minimum absolute atomic E-state index is 0.293. The van der Waals surface area contributed by atoms with E-state index in [-0.39, 0.29) is 0 Å². The number of hydrogen-bond acceptors (Lipinski definition) is 3. The molecule has 0 aromatic heterocycles. The van der Waals surface area contributed by atoms with Crippen LogP contribution < -0.4 is 5.32 Å². The molecule has 0 radical (unpaired) electrons. The summed E-state index contributed by atoms with van der Waals surface area (Å²) < 4.78 is 26.7. The van der Waals surface area contributed by atoms with E-state index in [1.807, 2.05) is 13.8 Å². The van der Waals surface area contributed by atoms with E-state index in [0.717, 1.165) is 0 Å². The van der Waals surface area contributed by atoms with Crippen LogP contribution in [0.2, 0.25) is 5.02 Å². The molecule has 0 aliphatic carbocycles. The Hall–Kier alpha value is -0.620. The van der Waals surface area contributed by atoms with Crippen LogP contribution in [0.4, 0.5) is 0 Å². The zero-order valence-electron chi connectivity index (χ0n) is 10.5. The van der Waals surface area contributed by atoms with E-state index in [4.69, 9.17) is 11.6 Å². The fourth-order valence-corrected chi connectivity index (χ4v) is 4.05. The molecule has 100 valence electrons. The highest BCUT2D eigenvalue weighted by molar-refractivity contribution is 7.89. The van der Waals surface area contributed by atoms with Gasteiger partial charge in [-0.3, -0.25) is 0 Å². The van der Waals surface area contributed by atoms with Gasteiger partial charge in [0.15, 0.2) is 0 Å². The molecule has 0 atom stereocenters. The van der Waals surface area contributed by atoms with Crippen molar-refractivity contribution in [3.63, 3.8) is 0 Å². The summed E-state index contributed by atoms with van der Waals surface area (Å²) in [6.07, 6.45) is 0. The van der Waals surface area contributed by atoms with E-state index in [1.54, 1.807) is 28.6 Å². The highest BCUT2D eigenvalue weighted by Crippen LogP contribution is 2.26. The van der Waals surface area contributed by atoms with E-state index >= 15 is 0 Å². The van der Waals surface area contributed by atoms with Gasteiger partial charge in [-0.05, 0) is 38.1 Å². The van der Waals surface area contributed by atoms with Gasteiger partial charge in [-0.25, -0.2) is 8.42 Å². The molecule has 0 amide bonds. The minimum Gasteiger partial charge on any atom is -0.314 e. The van der Waals surface area contributed by atoms with Crippen molar-refractivity contribution in [2.24, 2.45) is 0 Å². The van der Waals surface area contributed by atoms with E-state index in [0.29, 0.717) is 29.6 Å². The van der Waals surface area contributed by atoms with Crippen molar-refractivity contribution < 1.29 is 8.42 Å². The summed E-state index contributed by atoms with van der Waals surface area (Å²) in [6.45, 7) is 5.66. The molecule has 1 fully saturated rings. The average Bonchev–Trinajstić information content (AvgIpc) is 2.28. The molecule has 6 heteroatoms. The summed E-state index contributed by atoms with van der Waals surface area (Å²) >= 11 is 5.79. The second kappa shape index (κ2) is 4.81. The number of piperazine rings is 1. The van der Waals surface area contributed by atoms with Crippen LogP contribution in [0.5, 0.6) is 0 Å². The van der Waals surface area contributed by atoms with Crippen molar-refractivity contribution in [2.45, 2.75) is 24.3 Å². The summed E-state index contributed by atoms with van der Waals surface area (Å²) in [5.41, 5.74) is -0.420. The Bertz CT molecular complexity index is 526. The Kier molecular flexibility index (Phi) is 3.69. The van der Waals surface area contributed by atoms with Crippen LogP contribution in [-0.2, 0) is 10.0 Å². The van der Waals surface area contributed by atoms with Gasteiger partial charge in [-0.1, -0.05) is 11.6 Å². The Morgan fingerprint density at radius 3 is 2.44 bits per heavy atom. The highest BCUT2D eigenvalue weighted by Gasteiger charge is 2.38. The Balaban J connectivity index is 2.38. The second-order valence-electron chi connectivity index (χ2n) is 5.02. The van der Waals surface area contributed by atoms with E-state index in [2.05, 4.69) is 5.32 Å². The third-order valence-corrected chi connectivity index (χ3v) is 5.50. The van der Waals surface area contributed by atoms with Gasteiger partial charge in [0.25, 0.3) is 0 Å². The quantitative estimate of drug-likeness (QED) is 0.901. The lowest BCUT2D eigenvalue weighted by Gasteiger charge is -2.41. The summed E-state index contributed by atoms with van der Waals surface area (Å²) in [4.78, 5) is 0.293. The van der Waals surface area contributed by atoms with Crippen molar-refractivity contribution in [1.29, 1.82) is 0 Å². The first-order valence-corrected chi connectivity index (χ1v) is 7.65. The molecule has 1 aromatic carbocycles. The monoisotopic (exact) mass is 288 g/mol. The average molecular weight is 289 g/mol. The smallest absolute Gasteiger partial charge is 0.243 e. The van der Waals surface area contributed by atoms with Gasteiger partial charge in [0.2, 0.25) is 10.0 Å². The fraction of sp³-hybridized carbons (Fsp3) is 0.500. The van der Waals surface area contributed by atoms with E-state index in [1.165, 1.54) is 0 Å². The lowest BCUT2D eigenvalue weighted by Crippen LogP contribution is -2.59. The number of hydrogen-bond donors (Lipinski definition) is 1. The summed E-state index contributed by atoms with van der Waals surface area (Å²) in [5, 5.41) is 3.75. The number of halogens is 1. The number of benzene rings is 1. The van der Waals surface area contributed by atoms with Gasteiger partial charge in [0, 0.05) is 30.2 Å². The maximum atomic E-state index is 12.6. The first-order valence-electron chi connectivity index (χ1n) is 5.83. The molecule has 0 saturated carbocycles. The Morgan fingerprint density at radius 1 is 1.28 bits per heavy atom. The molecular formula is C12H17ClN2O2S. The molecule has 18 heavy (non-hydrogen) atoms. The zero-order chi connectivity index (χ0) is 13.4. The van der Waals surface area contributed by atoms with Gasteiger partial charge in [0.1, 0.15) is 0 Å². The Labute approximate surface area is 113 Å². The van der Waals surface area contributed by atoms with Crippen LogP contribution in [0.25, 0.3) is 0 Å². The van der Waals surface area contributed by atoms with Crippen LogP contribution in [0, 0.1) is 0 Å². The predicted octanol–water partition coefficient (Wildman–Crippen LogP) is 1.71. The number of rotatable bonds is 2. The minimum atomic E-state index is -3.45. The SMILES string of the molecule is CC1(C)CNCCN1S(=O)(=O)c1ccc(Cl)cc1. The molecule has 0 bridgehead atoms. The van der Waals surface area contributed by atoms with Crippen LogP contribution >= 0.6 is 11.6 Å². The first-order chi connectivity index (χ1) is 8.34. The predicted molar refractivity (Wildman–Crippen MR) is 72.3 cm³/mol. The van der Waals surface area contributed by atoms with Gasteiger partial charge in [-0.2, -0.15) is 4.31 Å². The van der Waals surface area contributed by atoms with E-state index < -0.39 is 15.6 Å². The van der Waals surface area contributed by atoms with Gasteiger partial charge in [-0.15, -0.1) is 0 Å². The zero-order valence-corrected chi connectivity index (χ0v) is 12.1. The van der Waals surface area contributed by atoms with Gasteiger partial charge in [0.05, 0.1) is 4.90 Å². The topological polar surface area (TPSA) is 49.4 Å². The molecule has 1 aromatic rings. The lowest BCUT2D eigenvalue weighted by atomic mass is 10.0. The molecule has 1 saturated heterocycles. The van der Waals surface area contributed by atoms with Gasteiger partial charge < -0.3 is 5.32 Å². The van der Waals surface area contributed by atoms with Gasteiger partial charge >= 0.3 is 0 Å². The van der Waals surface area contributed by atoms with Crippen LogP contribution in [-0.4, -0.2) is 37.9 Å². The molecule has 1 N–H and O–H groups in total. The summed E-state index contributed by atoms with van der Waals surface area (Å²) in [6, 6.07) is 6.30. The van der Waals surface area contributed by atoms with Crippen molar-refractivity contribution in [3.8, 4) is 0 Å². The van der Waals surface area contributed by atoms with Crippen molar-refractivity contribution >= 4 is 21.6 Å². The molecule has 0 spiro atoms. The molecule has 4 nitrogen and oxygen atoms in total. The fourth-order valence-electron chi connectivity index (χ4n) is 2.15. The lowest BCUT2D eigenvalue weighted by molar-refractivity contribution is 0.186. The van der Waals surface area contributed by atoms with E-state index in [9.17, 15) is 8.42 Å². The number of nitrogens with one attached hydrogen (secondary N) is 1. The normalized spacial score (nSPS) is 20.8. The first kappa shape index (κ1) is 13.8. The third-order valence-electron chi connectivity index (χ3n) is 3.13. The maximum absolute atomic E-state index is 12.6.